The second-order valence-corrected chi connectivity index (χ2v) is 6.26. The van der Waals surface area contributed by atoms with E-state index in [4.69, 9.17) is 9.47 Å². The van der Waals surface area contributed by atoms with E-state index >= 15 is 0 Å². The molecule has 1 aromatic carbocycles. The molecule has 1 aromatic heterocycles. The Balaban J connectivity index is 1.86. The van der Waals surface area contributed by atoms with Gasteiger partial charge in [0.05, 0.1) is 5.56 Å². The van der Waals surface area contributed by atoms with Gasteiger partial charge in [-0.05, 0) is 48.6 Å². The van der Waals surface area contributed by atoms with Crippen LogP contribution in [0.4, 0.5) is 0 Å². The zero-order valence-corrected chi connectivity index (χ0v) is 13.3. The summed E-state index contributed by atoms with van der Waals surface area (Å²) in [5, 5.41) is 2.00. The maximum atomic E-state index is 12.4. The molecule has 2 aromatic rings. The molecule has 1 aliphatic rings. The van der Waals surface area contributed by atoms with Gasteiger partial charge in [-0.15, -0.1) is 11.3 Å². The Morgan fingerprint density at radius 1 is 1.41 bits per heavy atom. The normalized spacial score (nSPS) is 14.8. The van der Waals surface area contributed by atoms with Crippen molar-refractivity contribution in [1.29, 1.82) is 0 Å². The number of carbonyl (C=O) groups excluding carboxylic acids is 1. The second kappa shape index (κ2) is 5.81. The average Bonchev–Trinajstić information content (AvgIpc) is 3.02. The van der Waals surface area contributed by atoms with Gasteiger partial charge < -0.3 is 9.47 Å². The summed E-state index contributed by atoms with van der Waals surface area (Å²) in [6, 6.07) is 7.29. The minimum Gasteiger partial charge on any atom is -0.489 e. The lowest BCUT2D eigenvalue weighted by Gasteiger charge is -2.06. The summed E-state index contributed by atoms with van der Waals surface area (Å²) in [5.41, 5.74) is 2.64. The third-order valence-corrected chi connectivity index (χ3v) is 4.26. The first-order valence-electron chi connectivity index (χ1n) is 6.94. The fourth-order valence-electron chi connectivity index (χ4n) is 2.11. The third kappa shape index (κ3) is 2.83. The molecule has 0 spiro atoms. The molecule has 0 radical (unpaired) electrons. The van der Waals surface area contributed by atoms with E-state index in [1.165, 1.54) is 0 Å². The van der Waals surface area contributed by atoms with Crippen molar-refractivity contribution < 1.29 is 14.3 Å². The van der Waals surface area contributed by atoms with Gasteiger partial charge in [0.2, 0.25) is 5.78 Å². The predicted molar refractivity (Wildman–Crippen MR) is 88.7 cm³/mol. The zero-order valence-electron chi connectivity index (χ0n) is 12.5. The summed E-state index contributed by atoms with van der Waals surface area (Å²) in [6.45, 7) is 8.16. The fourth-order valence-corrected chi connectivity index (χ4v) is 2.96. The predicted octanol–water partition coefficient (Wildman–Crippen LogP) is 4.63. The summed E-state index contributed by atoms with van der Waals surface area (Å²) >= 11 is 1.59. The number of thiophene rings is 1. The van der Waals surface area contributed by atoms with Gasteiger partial charge in [-0.2, -0.15) is 0 Å². The molecule has 0 unspecified atom stereocenters. The first-order chi connectivity index (χ1) is 10.5. The number of benzene rings is 1. The van der Waals surface area contributed by atoms with E-state index in [9.17, 15) is 4.79 Å². The van der Waals surface area contributed by atoms with Crippen LogP contribution in [0.2, 0.25) is 0 Å². The van der Waals surface area contributed by atoms with Gasteiger partial charge >= 0.3 is 0 Å². The Hall–Kier alpha value is -2.33. The van der Waals surface area contributed by atoms with Crippen LogP contribution in [0.1, 0.15) is 27.7 Å². The quantitative estimate of drug-likeness (QED) is 0.610. The molecule has 0 aliphatic carbocycles. The Morgan fingerprint density at radius 3 is 2.91 bits per heavy atom. The van der Waals surface area contributed by atoms with E-state index in [-0.39, 0.29) is 5.78 Å². The molecule has 2 heterocycles. The van der Waals surface area contributed by atoms with Crippen molar-refractivity contribution in [2.24, 2.45) is 0 Å². The molecule has 0 atom stereocenters. The van der Waals surface area contributed by atoms with Gasteiger partial charge in [0.15, 0.2) is 5.76 Å². The topological polar surface area (TPSA) is 35.5 Å². The Labute approximate surface area is 133 Å². The molecule has 3 nitrogen and oxygen atoms in total. The monoisotopic (exact) mass is 312 g/mol. The van der Waals surface area contributed by atoms with E-state index in [1.54, 1.807) is 35.6 Å². The second-order valence-electron chi connectivity index (χ2n) is 5.31. The molecule has 22 heavy (non-hydrogen) atoms. The molecule has 0 bridgehead atoms. The van der Waals surface area contributed by atoms with Crippen molar-refractivity contribution in [3.05, 3.63) is 63.6 Å². The van der Waals surface area contributed by atoms with E-state index in [0.29, 0.717) is 29.4 Å². The number of hydrogen-bond acceptors (Lipinski definition) is 4. The third-order valence-electron chi connectivity index (χ3n) is 3.29. The van der Waals surface area contributed by atoms with Crippen LogP contribution in [0, 0.1) is 6.92 Å². The number of ketones is 1. The van der Waals surface area contributed by atoms with Crippen LogP contribution in [-0.4, -0.2) is 12.4 Å². The standard InChI is InChI=1S/C18H16O3S/c1-11(2)10-20-13-4-5-14-15(8-13)21-16(18(14)19)9-17-12(3)6-7-22-17/h4-9H,1,10H2,2-3H3. The highest BCUT2D eigenvalue weighted by atomic mass is 32.1. The number of ether oxygens (including phenoxy) is 2. The molecule has 3 rings (SSSR count). The molecule has 0 saturated carbocycles. The van der Waals surface area contributed by atoms with E-state index < -0.39 is 0 Å². The number of fused-ring (bicyclic) bond motifs is 1. The van der Waals surface area contributed by atoms with Gasteiger partial charge in [0.1, 0.15) is 18.1 Å². The first-order valence-corrected chi connectivity index (χ1v) is 7.82. The summed E-state index contributed by atoms with van der Waals surface area (Å²) in [5.74, 6) is 1.49. The van der Waals surface area contributed by atoms with Crippen LogP contribution in [0.25, 0.3) is 6.08 Å². The van der Waals surface area contributed by atoms with Crippen molar-refractivity contribution in [1.82, 2.24) is 0 Å². The first kappa shape index (κ1) is 14.6. The van der Waals surface area contributed by atoms with Gasteiger partial charge in [-0.3, -0.25) is 4.79 Å². The van der Waals surface area contributed by atoms with Gasteiger partial charge in [-0.1, -0.05) is 6.58 Å². The van der Waals surface area contributed by atoms with Crippen molar-refractivity contribution in [2.75, 3.05) is 6.61 Å². The van der Waals surface area contributed by atoms with Crippen molar-refractivity contribution in [3.8, 4) is 11.5 Å². The fraction of sp³-hybridized carbons (Fsp3) is 0.167. The summed E-state index contributed by atoms with van der Waals surface area (Å²) in [6.07, 6.45) is 1.80. The van der Waals surface area contributed by atoms with Crippen LogP contribution < -0.4 is 9.47 Å². The highest BCUT2D eigenvalue weighted by Crippen LogP contribution is 2.35. The zero-order chi connectivity index (χ0) is 15.7. The molecule has 0 saturated heterocycles. The number of allylic oxidation sites excluding steroid dienone is 1. The molecule has 112 valence electrons. The lowest BCUT2D eigenvalue weighted by atomic mass is 10.1. The summed E-state index contributed by atoms with van der Waals surface area (Å²) in [7, 11) is 0. The summed E-state index contributed by atoms with van der Waals surface area (Å²) < 4.78 is 11.3. The van der Waals surface area contributed by atoms with E-state index in [1.807, 2.05) is 25.3 Å². The van der Waals surface area contributed by atoms with Crippen molar-refractivity contribution >= 4 is 23.2 Å². The minimum absolute atomic E-state index is 0.0887. The van der Waals surface area contributed by atoms with Crippen LogP contribution >= 0.6 is 11.3 Å². The average molecular weight is 312 g/mol. The van der Waals surface area contributed by atoms with Gasteiger partial charge in [0.25, 0.3) is 0 Å². The van der Waals surface area contributed by atoms with E-state index in [2.05, 4.69) is 6.58 Å². The Morgan fingerprint density at radius 2 is 2.23 bits per heavy atom. The highest BCUT2D eigenvalue weighted by Gasteiger charge is 2.28. The maximum absolute atomic E-state index is 12.4. The molecular formula is C18H16O3S. The summed E-state index contributed by atoms with van der Waals surface area (Å²) in [4.78, 5) is 13.4. The minimum atomic E-state index is -0.0887. The van der Waals surface area contributed by atoms with Crippen molar-refractivity contribution in [3.63, 3.8) is 0 Å². The lowest BCUT2D eigenvalue weighted by molar-refractivity contribution is 0.101. The molecule has 1 aliphatic heterocycles. The number of Topliss-reactive ketones (excluding diaryl/α,β-unsaturated/α-hetero) is 1. The number of hydrogen-bond donors (Lipinski definition) is 0. The van der Waals surface area contributed by atoms with Gasteiger partial charge in [0, 0.05) is 17.0 Å². The van der Waals surface area contributed by atoms with E-state index in [0.717, 1.165) is 16.0 Å². The smallest absolute Gasteiger partial charge is 0.232 e. The number of aryl methyl sites for hydroxylation is 1. The highest BCUT2D eigenvalue weighted by molar-refractivity contribution is 7.11. The van der Waals surface area contributed by atoms with Crippen LogP contribution in [-0.2, 0) is 0 Å². The number of carbonyl (C=O) groups is 1. The Bertz CT molecular complexity index is 783. The number of rotatable bonds is 4. The largest absolute Gasteiger partial charge is 0.489 e. The van der Waals surface area contributed by atoms with Crippen LogP contribution in [0.5, 0.6) is 11.5 Å². The molecular weight excluding hydrogens is 296 g/mol. The van der Waals surface area contributed by atoms with Crippen LogP contribution in [0.3, 0.4) is 0 Å². The molecule has 0 amide bonds. The van der Waals surface area contributed by atoms with Crippen molar-refractivity contribution in [2.45, 2.75) is 13.8 Å². The molecule has 0 N–H and O–H groups in total. The van der Waals surface area contributed by atoms with Crippen LogP contribution in [0.15, 0.2) is 47.6 Å². The Kier molecular flexibility index (Phi) is 3.86. The maximum Gasteiger partial charge on any atom is 0.232 e. The molecule has 4 heteroatoms. The van der Waals surface area contributed by atoms with Gasteiger partial charge in [-0.25, -0.2) is 0 Å². The molecule has 0 fully saturated rings. The lowest BCUT2D eigenvalue weighted by Crippen LogP contribution is -1.98. The SMILES string of the molecule is C=C(C)COc1ccc2c(c1)OC(=Cc1sccc1C)C2=O.